The highest BCUT2D eigenvalue weighted by atomic mass is 32.2. The molecule has 0 bridgehead atoms. The summed E-state index contributed by atoms with van der Waals surface area (Å²) in [6, 6.07) is 5.69. The van der Waals surface area contributed by atoms with E-state index in [0.717, 1.165) is 16.2 Å². The zero-order valence-electron chi connectivity index (χ0n) is 10.5. The van der Waals surface area contributed by atoms with E-state index in [1.807, 2.05) is 25.1 Å². The maximum atomic E-state index is 6.01. The minimum atomic E-state index is -0.121. The van der Waals surface area contributed by atoms with Crippen molar-refractivity contribution in [2.75, 3.05) is 7.11 Å². The minimum Gasteiger partial charge on any atom is -0.496 e. The van der Waals surface area contributed by atoms with Gasteiger partial charge in [0, 0.05) is 23.5 Å². The summed E-state index contributed by atoms with van der Waals surface area (Å²) in [4.78, 5) is 1.00. The molecule has 0 aliphatic carbocycles. The van der Waals surface area contributed by atoms with Crippen LogP contribution in [-0.4, -0.2) is 27.3 Å². The molecule has 2 aromatic rings. The van der Waals surface area contributed by atoms with Crippen molar-refractivity contribution in [1.82, 2.24) is 20.2 Å². The molecule has 0 unspecified atom stereocenters. The van der Waals surface area contributed by atoms with Crippen LogP contribution >= 0.6 is 11.8 Å². The van der Waals surface area contributed by atoms with Crippen molar-refractivity contribution in [3.8, 4) is 5.75 Å². The van der Waals surface area contributed by atoms with Crippen LogP contribution in [0.5, 0.6) is 5.75 Å². The van der Waals surface area contributed by atoms with Gasteiger partial charge in [0.25, 0.3) is 0 Å². The molecule has 0 saturated carbocycles. The third kappa shape index (κ3) is 2.46. The first-order valence-electron chi connectivity index (χ1n) is 5.46. The van der Waals surface area contributed by atoms with Crippen LogP contribution in [0.1, 0.15) is 18.5 Å². The first kappa shape index (κ1) is 12.8. The maximum Gasteiger partial charge on any atom is 0.213 e. The predicted octanol–water partition coefficient (Wildman–Crippen LogP) is 1.39. The Morgan fingerprint density at radius 1 is 1.44 bits per heavy atom. The molecule has 0 aliphatic heterocycles. The van der Waals surface area contributed by atoms with Crippen LogP contribution in [0.4, 0.5) is 0 Å². The number of ether oxygens (including phenoxy) is 1. The van der Waals surface area contributed by atoms with E-state index in [1.54, 1.807) is 18.8 Å². The van der Waals surface area contributed by atoms with Crippen molar-refractivity contribution >= 4 is 11.8 Å². The van der Waals surface area contributed by atoms with Gasteiger partial charge in [0.05, 0.1) is 7.11 Å². The Morgan fingerprint density at radius 2 is 2.22 bits per heavy atom. The van der Waals surface area contributed by atoms with Gasteiger partial charge in [-0.2, -0.15) is 0 Å². The van der Waals surface area contributed by atoms with E-state index < -0.39 is 0 Å². The van der Waals surface area contributed by atoms with Crippen LogP contribution < -0.4 is 10.5 Å². The Hall–Kier alpha value is -1.60. The third-order valence-electron chi connectivity index (χ3n) is 2.48. The summed E-state index contributed by atoms with van der Waals surface area (Å²) in [6.45, 7) is 1.93. The molecular formula is C11H15N5OS. The molecule has 0 spiro atoms. The maximum absolute atomic E-state index is 6.01. The molecule has 1 heterocycles. The standard InChI is InChI=1S/C11H15N5OS/c1-7(12)10-8(17-3)5-4-6-9(10)18-11-13-14-15-16(11)2/h4-7H,12H2,1-3H3/t7-/m0/s1. The molecule has 0 saturated heterocycles. The fraction of sp³-hybridized carbons (Fsp3) is 0.364. The van der Waals surface area contributed by atoms with Gasteiger partial charge in [0.15, 0.2) is 0 Å². The van der Waals surface area contributed by atoms with Crippen molar-refractivity contribution < 1.29 is 4.74 Å². The Kier molecular flexibility index (Phi) is 3.83. The lowest BCUT2D eigenvalue weighted by molar-refractivity contribution is 0.405. The molecule has 0 amide bonds. The molecule has 2 N–H and O–H groups in total. The molecule has 0 fully saturated rings. The van der Waals surface area contributed by atoms with Crippen LogP contribution in [0.3, 0.4) is 0 Å². The van der Waals surface area contributed by atoms with Crippen LogP contribution in [-0.2, 0) is 7.05 Å². The number of nitrogens with zero attached hydrogens (tertiary/aromatic N) is 4. The quantitative estimate of drug-likeness (QED) is 0.900. The molecule has 96 valence electrons. The fourth-order valence-electron chi connectivity index (χ4n) is 1.65. The van der Waals surface area contributed by atoms with E-state index >= 15 is 0 Å². The van der Waals surface area contributed by atoms with Gasteiger partial charge in [-0.15, -0.1) is 5.10 Å². The van der Waals surface area contributed by atoms with Crippen LogP contribution in [0.25, 0.3) is 0 Å². The third-order valence-corrected chi connectivity index (χ3v) is 3.59. The summed E-state index contributed by atoms with van der Waals surface area (Å²) in [7, 11) is 3.44. The number of hydrogen-bond donors (Lipinski definition) is 1. The Labute approximate surface area is 110 Å². The first-order chi connectivity index (χ1) is 8.63. The van der Waals surface area contributed by atoms with Crippen molar-refractivity contribution in [2.24, 2.45) is 12.8 Å². The zero-order valence-corrected chi connectivity index (χ0v) is 11.3. The normalized spacial score (nSPS) is 12.4. The molecule has 7 heteroatoms. The number of aromatic nitrogens is 4. The SMILES string of the molecule is COc1cccc(Sc2nnnn2C)c1[C@H](C)N. The Balaban J connectivity index is 2.41. The molecule has 0 radical (unpaired) electrons. The highest BCUT2D eigenvalue weighted by Gasteiger charge is 2.16. The molecule has 1 atom stereocenters. The lowest BCUT2D eigenvalue weighted by Gasteiger charge is -2.15. The Morgan fingerprint density at radius 3 is 2.78 bits per heavy atom. The monoisotopic (exact) mass is 265 g/mol. The van der Waals surface area contributed by atoms with Crippen molar-refractivity contribution in [2.45, 2.75) is 23.0 Å². The summed E-state index contributed by atoms with van der Waals surface area (Å²) in [6.07, 6.45) is 0. The smallest absolute Gasteiger partial charge is 0.213 e. The Bertz CT molecular complexity index is 540. The van der Waals surface area contributed by atoms with E-state index in [1.165, 1.54) is 11.8 Å². The van der Waals surface area contributed by atoms with E-state index in [-0.39, 0.29) is 6.04 Å². The van der Waals surface area contributed by atoms with Gasteiger partial charge < -0.3 is 10.5 Å². The van der Waals surface area contributed by atoms with E-state index in [4.69, 9.17) is 10.5 Å². The fourth-order valence-corrected chi connectivity index (χ4v) is 2.63. The number of hydrogen-bond acceptors (Lipinski definition) is 6. The summed E-state index contributed by atoms with van der Waals surface area (Å²) in [5, 5.41) is 12.1. The predicted molar refractivity (Wildman–Crippen MR) is 68.5 cm³/mol. The van der Waals surface area contributed by atoms with Gasteiger partial charge in [-0.3, -0.25) is 0 Å². The summed E-state index contributed by atoms with van der Waals surface area (Å²) >= 11 is 1.47. The molecule has 0 aliphatic rings. The van der Waals surface area contributed by atoms with E-state index in [0.29, 0.717) is 5.16 Å². The number of methoxy groups -OCH3 is 1. The average Bonchev–Trinajstić information content (AvgIpc) is 2.74. The lowest BCUT2D eigenvalue weighted by atomic mass is 10.1. The summed E-state index contributed by atoms with van der Waals surface area (Å²) < 4.78 is 6.97. The van der Waals surface area contributed by atoms with Crippen LogP contribution in [0, 0.1) is 0 Å². The van der Waals surface area contributed by atoms with Crippen molar-refractivity contribution in [1.29, 1.82) is 0 Å². The second kappa shape index (κ2) is 5.36. The van der Waals surface area contributed by atoms with Gasteiger partial charge >= 0.3 is 0 Å². The minimum absolute atomic E-state index is 0.121. The number of aryl methyl sites for hydroxylation is 1. The molecule has 1 aromatic carbocycles. The molecule has 2 rings (SSSR count). The molecule has 6 nitrogen and oxygen atoms in total. The van der Waals surface area contributed by atoms with Crippen molar-refractivity contribution in [3.63, 3.8) is 0 Å². The first-order valence-corrected chi connectivity index (χ1v) is 6.27. The highest BCUT2D eigenvalue weighted by molar-refractivity contribution is 7.99. The average molecular weight is 265 g/mol. The summed E-state index contributed by atoms with van der Waals surface area (Å²) in [5.41, 5.74) is 6.97. The molecular weight excluding hydrogens is 250 g/mol. The molecule has 1 aromatic heterocycles. The van der Waals surface area contributed by atoms with Crippen molar-refractivity contribution in [3.05, 3.63) is 23.8 Å². The van der Waals surface area contributed by atoms with Gasteiger partial charge in [0.2, 0.25) is 5.16 Å². The second-order valence-corrected chi connectivity index (χ2v) is 4.86. The largest absolute Gasteiger partial charge is 0.496 e. The number of rotatable bonds is 4. The zero-order chi connectivity index (χ0) is 13.1. The number of nitrogens with two attached hydrogens (primary N) is 1. The van der Waals surface area contributed by atoms with Gasteiger partial charge in [-0.05, 0) is 41.2 Å². The lowest BCUT2D eigenvalue weighted by Crippen LogP contribution is -2.08. The van der Waals surface area contributed by atoms with Gasteiger partial charge in [-0.25, -0.2) is 4.68 Å². The van der Waals surface area contributed by atoms with Crippen LogP contribution in [0.2, 0.25) is 0 Å². The van der Waals surface area contributed by atoms with Crippen LogP contribution in [0.15, 0.2) is 28.3 Å². The highest BCUT2D eigenvalue weighted by Crippen LogP contribution is 2.36. The molecule has 18 heavy (non-hydrogen) atoms. The van der Waals surface area contributed by atoms with E-state index in [9.17, 15) is 0 Å². The number of tetrazole rings is 1. The topological polar surface area (TPSA) is 78.9 Å². The number of benzene rings is 1. The van der Waals surface area contributed by atoms with E-state index in [2.05, 4.69) is 15.5 Å². The van der Waals surface area contributed by atoms with Gasteiger partial charge in [-0.1, -0.05) is 6.07 Å². The summed E-state index contributed by atoms with van der Waals surface area (Å²) in [5.74, 6) is 0.783. The second-order valence-electron chi connectivity index (χ2n) is 3.85. The van der Waals surface area contributed by atoms with Gasteiger partial charge in [0.1, 0.15) is 5.75 Å².